The van der Waals surface area contributed by atoms with Crippen LogP contribution in [0.4, 0.5) is 10.8 Å². The van der Waals surface area contributed by atoms with Crippen LogP contribution in [0.25, 0.3) is 0 Å². The highest BCUT2D eigenvalue weighted by molar-refractivity contribution is 8.01. The molecule has 0 spiro atoms. The normalized spacial score (nSPS) is 18.4. The average Bonchev–Trinajstić information content (AvgIpc) is 3.36. The first-order chi connectivity index (χ1) is 19.1. The minimum atomic E-state index is -0.550. The number of nitriles is 1. The van der Waals surface area contributed by atoms with Crippen LogP contribution in [0.5, 0.6) is 0 Å². The fourth-order valence-corrected chi connectivity index (χ4v) is 7.10. The predicted octanol–water partition coefficient (Wildman–Crippen LogP) is 6.52. The number of nitrogens with two attached hydrogens (primary N) is 1. The Balaban J connectivity index is 1.44. The molecule has 2 heterocycles. The molecule has 1 aliphatic heterocycles. The summed E-state index contributed by atoms with van der Waals surface area (Å²) >= 11 is 14.5. The second-order valence-corrected chi connectivity index (χ2v) is 13.2. The molecule has 12 heteroatoms. The Morgan fingerprint density at radius 2 is 1.98 bits per heavy atom. The van der Waals surface area contributed by atoms with Crippen molar-refractivity contribution in [2.75, 3.05) is 16.0 Å². The number of Topliss-reactive ketones (excluding diaryl/α,β-unsaturated/α-hetero) is 1. The van der Waals surface area contributed by atoms with E-state index in [1.165, 1.54) is 23.1 Å². The van der Waals surface area contributed by atoms with E-state index in [1.807, 2.05) is 44.2 Å². The van der Waals surface area contributed by atoms with Crippen LogP contribution >= 0.6 is 46.3 Å². The highest BCUT2D eigenvalue weighted by atomic mass is 35.5. The lowest BCUT2D eigenvalue weighted by Crippen LogP contribution is -2.42. The number of hydrogen-bond acceptors (Lipinski definition) is 9. The van der Waals surface area contributed by atoms with Gasteiger partial charge in [0.2, 0.25) is 11.0 Å². The lowest BCUT2D eigenvalue weighted by molar-refractivity contribution is -0.118. The van der Waals surface area contributed by atoms with Gasteiger partial charge < -0.3 is 11.1 Å². The summed E-state index contributed by atoms with van der Waals surface area (Å²) in [5.74, 6) is -0.542. The van der Waals surface area contributed by atoms with Crippen molar-refractivity contribution in [2.45, 2.75) is 36.9 Å². The summed E-state index contributed by atoms with van der Waals surface area (Å²) in [6, 6.07) is 16.6. The Hall–Kier alpha value is -3.36. The molecule has 0 bridgehead atoms. The van der Waals surface area contributed by atoms with Crippen molar-refractivity contribution in [3.8, 4) is 6.07 Å². The number of amides is 1. The van der Waals surface area contributed by atoms with Crippen LogP contribution in [0.15, 0.2) is 75.5 Å². The molecular formula is C28H24Cl2N6O2S2. The fourth-order valence-electron chi connectivity index (χ4n) is 4.96. The van der Waals surface area contributed by atoms with Crippen molar-refractivity contribution in [3.63, 3.8) is 0 Å². The number of anilines is 2. The molecular weight excluding hydrogens is 587 g/mol. The molecule has 1 aromatic heterocycles. The Kier molecular flexibility index (Phi) is 7.93. The highest BCUT2D eigenvalue weighted by Crippen LogP contribution is 2.50. The quantitative estimate of drug-likeness (QED) is 0.302. The standard InChI is InChI=1S/C28H24Cl2N6O2S2/c1-28(2)11-20-24(21(37)12-28)23(15-6-4-3-5-7-15)17(13-31)25(32)36(20)26-34-35-27(40-26)39-14-22(38)33-19-9-8-16(29)10-18(19)30/h3-10,23H,11-12,14,32H2,1-2H3,(H,33,38). The number of carbonyl (C=O) groups is 2. The van der Waals surface area contributed by atoms with Crippen molar-refractivity contribution < 1.29 is 9.59 Å². The van der Waals surface area contributed by atoms with Crippen molar-refractivity contribution in [1.29, 1.82) is 5.26 Å². The third kappa shape index (κ3) is 5.60. The number of rotatable bonds is 6. The molecule has 0 fully saturated rings. The van der Waals surface area contributed by atoms with Gasteiger partial charge in [-0.1, -0.05) is 90.5 Å². The second kappa shape index (κ2) is 11.3. The first-order valence-corrected chi connectivity index (χ1v) is 14.9. The summed E-state index contributed by atoms with van der Waals surface area (Å²) in [4.78, 5) is 27.8. The van der Waals surface area contributed by atoms with E-state index in [0.717, 1.165) is 11.3 Å². The number of nitrogens with zero attached hydrogens (tertiary/aromatic N) is 4. The smallest absolute Gasteiger partial charge is 0.234 e. The van der Waals surface area contributed by atoms with Crippen LogP contribution in [0, 0.1) is 16.7 Å². The maximum Gasteiger partial charge on any atom is 0.234 e. The van der Waals surface area contributed by atoms with Crippen molar-refractivity contribution >= 4 is 68.8 Å². The van der Waals surface area contributed by atoms with E-state index in [4.69, 9.17) is 28.9 Å². The number of benzene rings is 2. The maximum absolute atomic E-state index is 13.6. The Morgan fingerprint density at radius 3 is 2.67 bits per heavy atom. The van der Waals surface area contributed by atoms with Crippen LogP contribution in [-0.2, 0) is 9.59 Å². The molecule has 0 saturated carbocycles. The zero-order valence-electron chi connectivity index (χ0n) is 21.6. The van der Waals surface area contributed by atoms with Crippen molar-refractivity contribution in [2.24, 2.45) is 11.1 Å². The van der Waals surface area contributed by atoms with Crippen LogP contribution < -0.4 is 16.0 Å². The summed E-state index contributed by atoms with van der Waals surface area (Å²) in [5.41, 5.74) is 9.25. The zero-order valence-corrected chi connectivity index (χ0v) is 24.7. The molecule has 2 aromatic carbocycles. The van der Waals surface area contributed by atoms with E-state index >= 15 is 0 Å². The summed E-state index contributed by atoms with van der Waals surface area (Å²) in [7, 11) is 0. The predicted molar refractivity (Wildman–Crippen MR) is 159 cm³/mol. The van der Waals surface area contributed by atoms with Gasteiger partial charge in [0.05, 0.1) is 34.0 Å². The lowest BCUT2D eigenvalue weighted by Gasteiger charge is -2.42. The molecule has 1 atom stereocenters. The molecule has 1 aliphatic carbocycles. The van der Waals surface area contributed by atoms with E-state index < -0.39 is 5.92 Å². The second-order valence-electron chi connectivity index (χ2n) is 10.2. The van der Waals surface area contributed by atoms with E-state index in [2.05, 4.69) is 21.6 Å². The third-order valence-corrected chi connectivity index (χ3v) is 9.22. The molecule has 2 aliphatic rings. The van der Waals surface area contributed by atoms with Gasteiger partial charge in [-0.3, -0.25) is 14.5 Å². The molecule has 5 rings (SSSR count). The van der Waals surface area contributed by atoms with E-state index in [1.54, 1.807) is 23.1 Å². The summed E-state index contributed by atoms with van der Waals surface area (Å²) in [6.45, 7) is 4.08. The molecule has 1 amide bonds. The van der Waals surface area contributed by atoms with Gasteiger partial charge in [-0.15, -0.1) is 10.2 Å². The SMILES string of the molecule is CC1(C)CC(=O)C2=C(C1)N(c1nnc(SCC(=O)Nc3ccc(Cl)cc3Cl)s1)C(N)=C(C#N)C2c1ccccc1. The van der Waals surface area contributed by atoms with Crippen LogP contribution in [-0.4, -0.2) is 27.6 Å². The molecule has 8 nitrogen and oxygen atoms in total. The van der Waals surface area contributed by atoms with Crippen LogP contribution in [0.3, 0.4) is 0 Å². The monoisotopic (exact) mass is 610 g/mol. The molecule has 40 heavy (non-hydrogen) atoms. The number of aromatic nitrogens is 2. The number of hydrogen-bond donors (Lipinski definition) is 2. The molecule has 0 saturated heterocycles. The van der Waals surface area contributed by atoms with Gasteiger partial charge in [0, 0.05) is 22.7 Å². The van der Waals surface area contributed by atoms with E-state index in [-0.39, 0.29) is 28.7 Å². The minimum Gasteiger partial charge on any atom is -0.384 e. The number of halogens is 2. The number of thioether (sulfide) groups is 1. The topological polar surface area (TPSA) is 125 Å². The average molecular weight is 612 g/mol. The van der Waals surface area contributed by atoms with Crippen LogP contribution in [0.1, 0.15) is 38.2 Å². The first-order valence-electron chi connectivity index (χ1n) is 12.3. The molecule has 1 unspecified atom stereocenters. The Bertz CT molecular complexity index is 1610. The van der Waals surface area contributed by atoms with Gasteiger partial charge in [-0.25, -0.2) is 0 Å². The molecule has 3 N–H and O–H groups in total. The van der Waals surface area contributed by atoms with Crippen molar-refractivity contribution in [1.82, 2.24) is 10.2 Å². The van der Waals surface area contributed by atoms with E-state index in [9.17, 15) is 14.9 Å². The van der Waals surface area contributed by atoms with Gasteiger partial charge in [-0.05, 0) is 35.6 Å². The zero-order chi connectivity index (χ0) is 28.6. The van der Waals surface area contributed by atoms with E-state index in [0.29, 0.717) is 49.2 Å². The molecule has 0 radical (unpaired) electrons. The van der Waals surface area contributed by atoms with Gasteiger partial charge in [0.25, 0.3) is 0 Å². The summed E-state index contributed by atoms with van der Waals surface area (Å²) in [6.07, 6.45) is 0.939. The summed E-state index contributed by atoms with van der Waals surface area (Å²) in [5, 5.41) is 22.8. The van der Waals surface area contributed by atoms with Gasteiger partial charge >= 0.3 is 0 Å². The van der Waals surface area contributed by atoms with Crippen molar-refractivity contribution in [3.05, 3.63) is 86.8 Å². The number of nitrogens with one attached hydrogen (secondary N) is 1. The van der Waals surface area contributed by atoms with Gasteiger partial charge in [0.15, 0.2) is 10.1 Å². The summed E-state index contributed by atoms with van der Waals surface area (Å²) < 4.78 is 0.535. The van der Waals surface area contributed by atoms with Gasteiger partial charge in [-0.2, -0.15) is 5.26 Å². The number of allylic oxidation sites excluding steroid dienone is 3. The van der Waals surface area contributed by atoms with Crippen LogP contribution in [0.2, 0.25) is 10.0 Å². The minimum absolute atomic E-state index is 0.0120. The Labute approximate surface area is 249 Å². The third-order valence-electron chi connectivity index (χ3n) is 6.63. The first kappa shape index (κ1) is 28.2. The number of ketones is 1. The molecule has 3 aromatic rings. The largest absolute Gasteiger partial charge is 0.384 e. The maximum atomic E-state index is 13.6. The van der Waals surface area contributed by atoms with Gasteiger partial charge in [0.1, 0.15) is 5.82 Å². The highest BCUT2D eigenvalue weighted by Gasteiger charge is 2.45. The fraction of sp³-hybridized carbons (Fsp3) is 0.250. The number of carbonyl (C=O) groups excluding carboxylic acids is 2. The lowest BCUT2D eigenvalue weighted by atomic mass is 9.69. The Morgan fingerprint density at radius 1 is 1.23 bits per heavy atom. The molecule has 204 valence electrons.